The van der Waals surface area contributed by atoms with Gasteiger partial charge in [0.2, 0.25) is 0 Å². The fraction of sp³-hybridized carbons (Fsp3) is 0.533. The van der Waals surface area contributed by atoms with E-state index in [1.165, 1.54) is 0 Å². The van der Waals surface area contributed by atoms with Gasteiger partial charge in [-0.2, -0.15) is 0 Å². The van der Waals surface area contributed by atoms with E-state index in [9.17, 15) is 9.90 Å². The van der Waals surface area contributed by atoms with Gasteiger partial charge in [-0.1, -0.05) is 13.8 Å². The van der Waals surface area contributed by atoms with Crippen LogP contribution < -0.4 is 19.7 Å². The third-order valence-electron chi connectivity index (χ3n) is 3.22. The summed E-state index contributed by atoms with van der Waals surface area (Å²) in [5, 5.41) is 13.0. The highest BCUT2D eigenvalue weighted by Crippen LogP contribution is 2.34. The lowest BCUT2D eigenvalue weighted by Crippen LogP contribution is -2.36. The zero-order valence-electron chi connectivity index (χ0n) is 12.6. The number of likely N-dealkylation sites (N-methyl/N-ethyl adjacent to an activating group) is 1. The van der Waals surface area contributed by atoms with Gasteiger partial charge < -0.3 is 24.8 Å². The number of amides is 1. The molecule has 0 saturated heterocycles. The molecule has 1 aromatic rings. The summed E-state index contributed by atoms with van der Waals surface area (Å²) in [6, 6.07) is 5.60. The lowest BCUT2D eigenvalue weighted by atomic mass is 10.2. The Kier molecular flexibility index (Phi) is 5.03. The number of ether oxygens (including phenoxy) is 2. The van der Waals surface area contributed by atoms with Crippen LogP contribution in [0.25, 0.3) is 0 Å². The van der Waals surface area contributed by atoms with Gasteiger partial charge in [0.05, 0.1) is 5.69 Å². The summed E-state index contributed by atoms with van der Waals surface area (Å²) in [4.78, 5) is 13.1. The van der Waals surface area contributed by atoms with Crippen LogP contribution in [0.15, 0.2) is 18.2 Å². The maximum atomic E-state index is 11.6. The molecule has 1 aliphatic rings. The zero-order valence-corrected chi connectivity index (χ0v) is 12.6. The summed E-state index contributed by atoms with van der Waals surface area (Å²) < 4.78 is 10.9. The third kappa shape index (κ3) is 4.09. The second-order valence-electron chi connectivity index (χ2n) is 5.40. The quantitative estimate of drug-likeness (QED) is 0.811. The van der Waals surface area contributed by atoms with Gasteiger partial charge in [-0.3, -0.25) is 4.79 Å². The van der Waals surface area contributed by atoms with Crippen LogP contribution >= 0.6 is 0 Å². The minimum absolute atomic E-state index is 0.0588. The molecule has 0 fully saturated rings. The zero-order chi connectivity index (χ0) is 15.4. The molecule has 0 bridgehead atoms. The Balaban J connectivity index is 1.94. The van der Waals surface area contributed by atoms with Gasteiger partial charge >= 0.3 is 0 Å². The Morgan fingerprint density at radius 2 is 2.24 bits per heavy atom. The molecular formula is C15H22N2O4. The van der Waals surface area contributed by atoms with E-state index in [2.05, 4.69) is 5.32 Å². The number of fused-ring (bicyclic) bond motifs is 1. The fourth-order valence-electron chi connectivity index (χ4n) is 1.96. The smallest absolute Gasteiger partial charge is 0.264 e. The number of aliphatic hydroxyl groups excluding tert-OH is 1. The van der Waals surface area contributed by atoms with Crippen molar-refractivity contribution in [1.82, 2.24) is 5.32 Å². The topological polar surface area (TPSA) is 71.0 Å². The van der Waals surface area contributed by atoms with Crippen molar-refractivity contribution in [1.29, 1.82) is 0 Å². The maximum Gasteiger partial charge on any atom is 0.264 e. The maximum absolute atomic E-state index is 11.6. The summed E-state index contributed by atoms with van der Waals surface area (Å²) in [6.07, 6.45) is -0.584. The molecule has 6 heteroatoms. The van der Waals surface area contributed by atoms with Crippen LogP contribution in [0.3, 0.4) is 0 Å². The summed E-state index contributed by atoms with van der Waals surface area (Å²) in [5.41, 5.74) is 0.679. The fourth-order valence-corrected chi connectivity index (χ4v) is 1.96. The average molecular weight is 294 g/mol. The molecular weight excluding hydrogens is 272 g/mol. The molecule has 1 amide bonds. The Bertz CT molecular complexity index is 504. The predicted octanol–water partition coefficient (Wildman–Crippen LogP) is 0.779. The van der Waals surface area contributed by atoms with E-state index >= 15 is 0 Å². The second kappa shape index (κ2) is 6.78. The molecule has 6 nitrogen and oxygen atoms in total. The van der Waals surface area contributed by atoms with Crippen LogP contribution in [-0.4, -0.2) is 50.0 Å². The Morgan fingerprint density at radius 3 is 2.95 bits per heavy atom. The van der Waals surface area contributed by atoms with Crippen molar-refractivity contribution in [2.24, 2.45) is 0 Å². The molecule has 1 atom stereocenters. The first kappa shape index (κ1) is 15.6. The number of carbonyl (C=O) groups is 1. The SMILES string of the molecule is CC(C)NCC(O)COc1ccc2c(c1)N(C)C(=O)CO2. The minimum Gasteiger partial charge on any atom is -0.491 e. The standard InChI is InChI=1S/C15H22N2O4/c1-10(2)16-7-11(18)8-20-12-4-5-14-13(6-12)17(3)15(19)9-21-14/h4-6,10-11,16,18H,7-9H2,1-3H3. The molecule has 1 unspecified atom stereocenters. The first-order chi connectivity index (χ1) is 9.97. The van der Waals surface area contributed by atoms with E-state index in [0.717, 1.165) is 0 Å². The number of nitrogens with one attached hydrogen (secondary N) is 1. The molecule has 2 rings (SSSR count). The molecule has 1 aliphatic heterocycles. The van der Waals surface area contributed by atoms with E-state index in [1.807, 2.05) is 13.8 Å². The Labute approximate surface area is 124 Å². The van der Waals surface area contributed by atoms with E-state index < -0.39 is 6.10 Å². The van der Waals surface area contributed by atoms with Gasteiger partial charge in [0, 0.05) is 25.7 Å². The normalized spacial score (nSPS) is 15.7. The van der Waals surface area contributed by atoms with Crippen LogP contribution in [0.1, 0.15) is 13.8 Å². The molecule has 0 saturated carbocycles. The molecule has 2 N–H and O–H groups in total. The van der Waals surface area contributed by atoms with E-state index in [4.69, 9.17) is 9.47 Å². The minimum atomic E-state index is -0.584. The van der Waals surface area contributed by atoms with Crippen molar-refractivity contribution in [3.8, 4) is 11.5 Å². The van der Waals surface area contributed by atoms with Crippen molar-refractivity contribution in [2.75, 3.05) is 31.7 Å². The first-order valence-corrected chi connectivity index (χ1v) is 7.05. The summed E-state index contributed by atoms with van der Waals surface area (Å²) >= 11 is 0. The van der Waals surface area contributed by atoms with Gasteiger partial charge in [0.25, 0.3) is 5.91 Å². The largest absolute Gasteiger partial charge is 0.491 e. The summed E-state index contributed by atoms with van der Waals surface area (Å²) in [5.74, 6) is 1.16. The number of anilines is 1. The molecule has 0 aliphatic carbocycles. The Morgan fingerprint density at radius 1 is 1.48 bits per heavy atom. The van der Waals surface area contributed by atoms with Gasteiger partial charge in [0.1, 0.15) is 24.2 Å². The van der Waals surface area contributed by atoms with Crippen LogP contribution in [0, 0.1) is 0 Å². The number of hydrogen-bond acceptors (Lipinski definition) is 5. The summed E-state index contributed by atoms with van der Waals surface area (Å²) in [6.45, 7) is 4.76. The van der Waals surface area contributed by atoms with Crippen molar-refractivity contribution in [2.45, 2.75) is 26.0 Å². The van der Waals surface area contributed by atoms with Crippen molar-refractivity contribution in [3.63, 3.8) is 0 Å². The highest BCUT2D eigenvalue weighted by atomic mass is 16.5. The van der Waals surface area contributed by atoms with Crippen LogP contribution in [-0.2, 0) is 4.79 Å². The third-order valence-corrected chi connectivity index (χ3v) is 3.22. The lowest BCUT2D eigenvalue weighted by Gasteiger charge is -2.26. The van der Waals surface area contributed by atoms with E-state index in [-0.39, 0.29) is 19.1 Å². The Hall–Kier alpha value is -1.79. The number of aliphatic hydroxyl groups is 1. The molecule has 1 aromatic carbocycles. The van der Waals surface area contributed by atoms with Gasteiger partial charge in [-0.15, -0.1) is 0 Å². The van der Waals surface area contributed by atoms with Gasteiger partial charge in [-0.25, -0.2) is 0 Å². The molecule has 0 spiro atoms. The van der Waals surface area contributed by atoms with Gasteiger partial charge in [-0.05, 0) is 12.1 Å². The molecule has 0 aromatic heterocycles. The number of benzene rings is 1. The molecule has 1 heterocycles. The van der Waals surface area contributed by atoms with Crippen molar-refractivity contribution < 1.29 is 19.4 Å². The van der Waals surface area contributed by atoms with Gasteiger partial charge in [0.15, 0.2) is 6.61 Å². The van der Waals surface area contributed by atoms with Crippen LogP contribution in [0.2, 0.25) is 0 Å². The van der Waals surface area contributed by atoms with Crippen LogP contribution in [0.5, 0.6) is 11.5 Å². The molecule has 21 heavy (non-hydrogen) atoms. The van der Waals surface area contributed by atoms with E-state index in [1.54, 1.807) is 30.1 Å². The number of hydrogen-bond donors (Lipinski definition) is 2. The number of carbonyl (C=O) groups excluding carboxylic acids is 1. The lowest BCUT2D eigenvalue weighted by molar-refractivity contribution is -0.120. The predicted molar refractivity (Wildman–Crippen MR) is 80.0 cm³/mol. The summed E-state index contributed by atoms with van der Waals surface area (Å²) in [7, 11) is 1.70. The van der Waals surface area contributed by atoms with Crippen molar-refractivity contribution >= 4 is 11.6 Å². The number of rotatable bonds is 6. The van der Waals surface area contributed by atoms with E-state index in [0.29, 0.717) is 29.8 Å². The number of nitrogens with zero attached hydrogens (tertiary/aromatic N) is 1. The molecule has 0 radical (unpaired) electrons. The monoisotopic (exact) mass is 294 g/mol. The first-order valence-electron chi connectivity index (χ1n) is 7.05. The van der Waals surface area contributed by atoms with Crippen LogP contribution in [0.4, 0.5) is 5.69 Å². The average Bonchev–Trinajstić information content (AvgIpc) is 2.47. The molecule has 116 valence electrons. The highest BCUT2D eigenvalue weighted by molar-refractivity contribution is 5.97. The second-order valence-corrected chi connectivity index (χ2v) is 5.40. The highest BCUT2D eigenvalue weighted by Gasteiger charge is 2.22. The van der Waals surface area contributed by atoms with Crippen molar-refractivity contribution in [3.05, 3.63) is 18.2 Å².